The molecular weight excluding hydrogens is 238 g/mol. The van der Waals surface area contributed by atoms with Gasteiger partial charge >= 0.3 is 0 Å². The molecule has 2 aromatic rings. The zero-order valence-corrected chi connectivity index (χ0v) is 9.93. The minimum absolute atomic E-state index is 0.513. The molecule has 5 nitrogen and oxygen atoms in total. The lowest BCUT2D eigenvalue weighted by Crippen LogP contribution is -2.05. The summed E-state index contributed by atoms with van der Waals surface area (Å²) in [5.41, 5.74) is 7.12. The molecule has 0 spiro atoms. The van der Waals surface area contributed by atoms with Crippen molar-refractivity contribution in [2.75, 3.05) is 5.73 Å². The van der Waals surface area contributed by atoms with E-state index in [-0.39, 0.29) is 0 Å². The van der Waals surface area contributed by atoms with Crippen molar-refractivity contribution in [1.29, 1.82) is 0 Å². The fourth-order valence-corrected chi connectivity index (χ4v) is 2.00. The van der Waals surface area contributed by atoms with E-state index in [9.17, 15) is 0 Å². The van der Waals surface area contributed by atoms with Crippen molar-refractivity contribution in [3.63, 3.8) is 0 Å². The Morgan fingerprint density at radius 1 is 1.41 bits per heavy atom. The number of benzene rings is 1. The molecule has 88 valence electrons. The Hall–Kier alpha value is -1.62. The predicted octanol–water partition coefficient (Wildman–Crippen LogP) is 1.99. The van der Waals surface area contributed by atoms with E-state index in [4.69, 9.17) is 17.3 Å². The van der Waals surface area contributed by atoms with Gasteiger partial charge in [-0.1, -0.05) is 17.7 Å². The van der Waals surface area contributed by atoms with Gasteiger partial charge in [0.1, 0.15) is 0 Å². The van der Waals surface area contributed by atoms with E-state index in [1.54, 1.807) is 10.7 Å². The number of nitrogens with zero attached hydrogens (tertiary/aromatic N) is 4. The molecule has 0 unspecified atom stereocenters. The molecule has 1 heterocycles. The van der Waals surface area contributed by atoms with E-state index in [0.29, 0.717) is 22.5 Å². The van der Waals surface area contributed by atoms with Gasteiger partial charge in [-0.2, -0.15) is 0 Å². The van der Waals surface area contributed by atoms with Crippen LogP contribution < -0.4 is 5.73 Å². The molecule has 1 aromatic carbocycles. The van der Waals surface area contributed by atoms with Crippen LogP contribution in [0.25, 0.3) is 11.4 Å². The first-order valence-corrected chi connectivity index (χ1v) is 5.94. The second-order valence-electron chi connectivity index (χ2n) is 4.34. The molecule has 1 fully saturated rings. The molecule has 1 aliphatic carbocycles. The standard InChI is InChI=1S/C11H12ClN5/c12-10-8(2-1-3-9(10)13)11-14-15-16-17(11)6-7-4-5-7/h1-3,7H,4-6,13H2. The second kappa shape index (κ2) is 4.00. The van der Waals surface area contributed by atoms with E-state index in [1.807, 2.05) is 12.1 Å². The van der Waals surface area contributed by atoms with Crippen LogP contribution in [0.1, 0.15) is 12.8 Å². The summed E-state index contributed by atoms with van der Waals surface area (Å²) in [7, 11) is 0. The van der Waals surface area contributed by atoms with Crippen LogP contribution in [-0.4, -0.2) is 20.2 Å². The number of rotatable bonds is 3. The average molecular weight is 250 g/mol. The molecule has 0 aliphatic heterocycles. The molecular formula is C11H12ClN5. The maximum absolute atomic E-state index is 6.17. The lowest BCUT2D eigenvalue weighted by molar-refractivity contribution is 0.548. The highest BCUT2D eigenvalue weighted by atomic mass is 35.5. The van der Waals surface area contributed by atoms with Gasteiger partial charge in [0.15, 0.2) is 5.82 Å². The van der Waals surface area contributed by atoms with Crippen LogP contribution in [0.2, 0.25) is 5.02 Å². The van der Waals surface area contributed by atoms with Crippen LogP contribution >= 0.6 is 11.6 Å². The quantitative estimate of drug-likeness (QED) is 0.845. The molecule has 0 amide bonds. The summed E-state index contributed by atoms with van der Waals surface area (Å²) in [6, 6.07) is 5.50. The summed E-state index contributed by atoms with van der Waals surface area (Å²) in [6.07, 6.45) is 2.51. The van der Waals surface area contributed by atoms with Crippen molar-refractivity contribution < 1.29 is 0 Å². The highest BCUT2D eigenvalue weighted by Crippen LogP contribution is 2.34. The number of hydrogen-bond donors (Lipinski definition) is 1. The number of anilines is 1. The van der Waals surface area contributed by atoms with Gasteiger partial charge in [-0.25, -0.2) is 4.68 Å². The molecule has 1 saturated carbocycles. The molecule has 17 heavy (non-hydrogen) atoms. The fourth-order valence-electron chi connectivity index (χ4n) is 1.79. The summed E-state index contributed by atoms with van der Waals surface area (Å²) in [6.45, 7) is 0.855. The van der Waals surface area contributed by atoms with Gasteiger partial charge in [-0.05, 0) is 41.3 Å². The minimum Gasteiger partial charge on any atom is -0.398 e. The van der Waals surface area contributed by atoms with Crippen LogP contribution in [0.5, 0.6) is 0 Å². The molecule has 2 N–H and O–H groups in total. The van der Waals surface area contributed by atoms with E-state index in [0.717, 1.165) is 12.1 Å². The maximum atomic E-state index is 6.17. The third-order valence-electron chi connectivity index (χ3n) is 2.93. The van der Waals surface area contributed by atoms with Gasteiger partial charge in [0, 0.05) is 12.1 Å². The Kier molecular flexibility index (Phi) is 2.48. The lowest BCUT2D eigenvalue weighted by Gasteiger charge is -2.06. The monoisotopic (exact) mass is 249 g/mol. The summed E-state index contributed by atoms with van der Waals surface area (Å²) in [5, 5.41) is 12.3. The van der Waals surface area contributed by atoms with Crippen molar-refractivity contribution >= 4 is 17.3 Å². The SMILES string of the molecule is Nc1cccc(-c2nnnn2CC2CC2)c1Cl. The smallest absolute Gasteiger partial charge is 0.183 e. The average Bonchev–Trinajstić information content (AvgIpc) is 3.01. The van der Waals surface area contributed by atoms with E-state index in [2.05, 4.69) is 15.5 Å². The normalized spacial score (nSPS) is 15.1. The van der Waals surface area contributed by atoms with Crippen LogP contribution in [0.15, 0.2) is 18.2 Å². The second-order valence-corrected chi connectivity index (χ2v) is 4.71. The lowest BCUT2D eigenvalue weighted by atomic mass is 10.2. The number of hydrogen-bond acceptors (Lipinski definition) is 4. The topological polar surface area (TPSA) is 69.6 Å². The maximum Gasteiger partial charge on any atom is 0.183 e. The Morgan fingerprint density at radius 3 is 3.00 bits per heavy atom. The fraction of sp³-hybridized carbons (Fsp3) is 0.364. The van der Waals surface area contributed by atoms with Gasteiger partial charge in [0.25, 0.3) is 0 Å². The number of tetrazole rings is 1. The molecule has 1 aliphatic rings. The van der Waals surface area contributed by atoms with Crippen molar-refractivity contribution in [3.8, 4) is 11.4 Å². The van der Waals surface area contributed by atoms with Crippen molar-refractivity contribution in [2.45, 2.75) is 19.4 Å². The Labute approximate surface area is 104 Å². The minimum atomic E-state index is 0.513. The highest BCUT2D eigenvalue weighted by molar-refractivity contribution is 6.35. The van der Waals surface area contributed by atoms with Crippen LogP contribution in [0.3, 0.4) is 0 Å². The van der Waals surface area contributed by atoms with Crippen LogP contribution in [0.4, 0.5) is 5.69 Å². The summed E-state index contributed by atoms with van der Waals surface area (Å²) in [5.74, 6) is 1.39. The van der Waals surface area contributed by atoms with Gasteiger partial charge in [0.2, 0.25) is 0 Å². The number of nitrogens with two attached hydrogens (primary N) is 1. The van der Waals surface area contributed by atoms with Gasteiger partial charge in [-0.15, -0.1) is 5.10 Å². The Bertz CT molecular complexity index is 547. The van der Waals surface area contributed by atoms with E-state index < -0.39 is 0 Å². The zero-order valence-electron chi connectivity index (χ0n) is 9.17. The molecule has 0 saturated heterocycles. The van der Waals surface area contributed by atoms with Gasteiger partial charge < -0.3 is 5.73 Å². The van der Waals surface area contributed by atoms with Crippen LogP contribution in [0, 0.1) is 5.92 Å². The highest BCUT2D eigenvalue weighted by Gasteiger charge is 2.24. The first-order chi connectivity index (χ1) is 8.25. The third-order valence-corrected chi connectivity index (χ3v) is 3.35. The number of aromatic nitrogens is 4. The molecule has 0 atom stereocenters. The first kappa shape index (κ1) is 10.5. The number of halogens is 1. The summed E-state index contributed by atoms with van der Waals surface area (Å²) in [4.78, 5) is 0. The summed E-state index contributed by atoms with van der Waals surface area (Å²) < 4.78 is 1.80. The van der Waals surface area contributed by atoms with E-state index >= 15 is 0 Å². The van der Waals surface area contributed by atoms with Gasteiger partial charge in [-0.3, -0.25) is 0 Å². The van der Waals surface area contributed by atoms with Gasteiger partial charge in [0.05, 0.1) is 10.7 Å². The van der Waals surface area contributed by atoms with Crippen molar-refractivity contribution in [1.82, 2.24) is 20.2 Å². The van der Waals surface area contributed by atoms with Crippen LogP contribution in [-0.2, 0) is 6.54 Å². The number of nitrogen functional groups attached to an aromatic ring is 1. The molecule has 1 aromatic heterocycles. The Balaban J connectivity index is 2.02. The van der Waals surface area contributed by atoms with Crippen molar-refractivity contribution in [2.24, 2.45) is 5.92 Å². The van der Waals surface area contributed by atoms with Crippen molar-refractivity contribution in [3.05, 3.63) is 23.2 Å². The summed E-state index contributed by atoms with van der Waals surface area (Å²) >= 11 is 6.17. The molecule has 3 rings (SSSR count). The van der Waals surface area contributed by atoms with E-state index in [1.165, 1.54) is 12.8 Å². The predicted molar refractivity (Wildman–Crippen MR) is 65.4 cm³/mol. The first-order valence-electron chi connectivity index (χ1n) is 5.56. The molecule has 6 heteroatoms. The third kappa shape index (κ3) is 1.98. The molecule has 0 radical (unpaired) electrons. The zero-order chi connectivity index (χ0) is 11.8. The molecule has 0 bridgehead atoms. The largest absolute Gasteiger partial charge is 0.398 e. The Morgan fingerprint density at radius 2 is 2.24 bits per heavy atom.